The molecule has 0 aromatic heterocycles. The second kappa shape index (κ2) is 6.77. The van der Waals surface area contributed by atoms with Gasteiger partial charge in [0.25, 0.3) is 0 Å². The van der Waals surface area contributed by atoms with Crippen LogP contribution in [0.3, 0.4) is 0 Å². The summed E-state index contributed by atoms with van der Waals surface area (Å²) in [6.45, 7) is 8.22. The number of piperazine rings is 1. The Morgan fingerprint density at radius 2 is 2.00 bits per heavy atom. The molecule has 2 saturated heterocycles. The van der Waals surface area contributed by atoms with Crippen LogP contribution in [0, 0.1) is 5.92 Å². The van der Waals surface area contributed by atoms with Gasteiger partial charge in [-0.25, -0.2) is 0 Å². The van der Waals surface area contributed by atoms with Crippen molar-refractivity contribution >= 4 is 11.8 Å². The number of hydrogen-bond donors (Lipinski definition) is 1. The average molecular weight is 295 g/mol. The highest BCUT2D eigenvalue weighted by Crippen LogP contribution is 2.27. The first-order valence-electron chi connectivity index (χ1n) is 8.30. The van der Waals surface area contributed by atoms with Crippen molar-refractivity contribution in [3.63, 3.8) is 0 Å². The second-order valence-corrected chi connectivity index (χ2v) is 6.61. The summed E-state index contributed by atoms with van der Waals surface area (Å²) >= 11 is 0. The van der Waals surface area contributed by atoms with Crippen molar-refractivity contribution in [3.8, 4) is 0 Å². The Bertz CT molecular complexity index is 399. The van der Waals surface area contributed by atoms with Crippen LogP contribution in [0.1, 0.15) is 46.5 Å². The Morgan fingerprint density at radius 3 is 2.57 bits per heavy atom. The number of carbonyl (C=O) groups is 2. The quantitative estimate of drug-likeness (QED) is 0.849. The van der Waals surface area contributed by atoms with Crippen LogP contribution in [-0.4, -0.2) is 59.9 Å². The lowest BCUT2D eigenvalue weighted by Gasteiger charge is -2.48. The van der Waals surface area contributed by atoms with Crippen molar-refractivity contribution in [1.29, 1.82) is 0 Å². The molecule has 21 heavy (non-hydrogen) atoms. The fourth-order valence-electron chi connectivity index (χ4n) is 3.81. The van der Waals surface area contributed by atoms with Crippen molar-refractivity contribution in [1.82, 2.24) is 15.1 Å². The van der Waals surface area contributed by atoms with Gasteiger partial charge in [-0.1, -0.05) is 27.2 Å². The van der Waals surface area contributed by atoms with Crippen molar-refractivity contribution in [3.05, 3.63) is 0 Å². The van der Waals surface area contributed by atoms with E-state index in [1.807, 2.05) is 18.7 Å². The van der Waals surface area contributed by atoms with Crippen LogP contribution < -0.4 is 5.32 Å². The number of piperidine rings is 1. The Hall–Kier alpha value is -1.10. The van der Waals surface area contributed by atoms with E-state index in [2.05, 4.69) is 24.2 Å². The summed E-state index contributed by atoms with van der Waals surface area (Å²) in [4.78, 5) is 29.5. The summed E-state index contributed by atoms with van der Waals surface area (Å²) < 4.78 is 0. The highest BCUT2D eigenvalue weighted by molar-refractivity contribution is 5.97. The number of nitrogens with one attached hydrogen (secondary N) is 1. The topological polar surface area (TPSA) is 52.7 Å². The molecule has 0 saturated carbocycles. The summed E-state index contributed by atoms with van der Waals surface area (Å²) in [6.07, 6.45) is 3.30. The fraction of sp³-hybridized carbons (Fsp3) is 0.875. The molecule has 2 amide bonds. The predicted molar refractivity (Wildman–Crippen MR) is 82.8 cm³/mol. The van der Waals surface area contributed by atoms with Crippen LogP contribution in [0.25, 0.3) is 0 Å². The Labute approximate surface area is 128 Å². The lowest BCUT2D eigenvalue weighted by atomic mass is 9.88. The molecular weight excluding hydrogens is 266 g/mol. The molecule has 1 N–H and O–H groups in total. The number of nitrogens with zero attached hydrogens (tertiary/aromatic N) is 2. The van der Waals surface area contributed by atoms with Crippen molar-refractivity contribution in [2.75, 3.05) is 20.1 Å². The molecule has 2 aliphatic heterocycles. The Kier molecular flexibility index (Phi) is 5.25. The number of carbonyl (C=O) groups excluding carboxylic acids is 2. The molecule has 0 bridgehead atoms. The molecule has 0 spiro atoms. The van der Waals surface area contributed by atoms with E-state index in [0.717, 1.165) is 32.4 Å². The van der Waals surface area contributed by atoms with Gasteiger partial charge in [0.2, 0.25) is 11.8 Å². The largest absolute Gasteiger partial charge is 0.343 e. The lowest BCUT2D eigenvalue weighted by Crippen LogP contribution is -2.67. The molecule has 2 aliphatic rings. The van der Waals surface area contributed by atoms with E-state index in [4.69, 9.17) is 0 Å². The first-order valence-corrected chi connectivity index (χ1v) is 8.30. The molecule has 5 heteroatoms. The van der Waals surface area contributed by atoms with Crippen molar-refractivity contribution in [2.24, 2.45) is 5.92 Å². The zero-order chi connectivity index (χ0) is 15.6. The molecule has 2 fully saturated rings. The summed E-state index contributed by atoms with van der Waals surface area (Å²) in [5.74, 6) is 0.571. The molecule has 5 nitrogen and oxygen atoms in total. The van der Waals surface area contributed by atoms with E-state index in [1.54, 1.807) is 0 Å². The van der Waals surface area contributed by atoms with Gasteiger partial charge in [-0.3, -0.25) is 9.59 Å². The van der Waals surface area contributed by atoms with Crippen molar-refractivity contribution < 1.29 is 9.59 Å². The third-order valence-corrected chi connectivity index (χ3v) is 4.89. The van der Waals surface area contributed by atoms with E-state index < -0.39 is 0 Å². The van der Waals surface area contributed by atoms with E-state index >= 15 is 0 Å². The average Bonchev–Trinajstić information content (AvgIpc) is 2.43. The van der Waals surface area contributed by atoms with Gasteiger partial charge < -0.3 is 15.1 Å². The summed E-state index contributed by atoms with van der Waals surface area (Å²) in [7, 11) is 2.12. The predicted octanol–water partition coefficient (Wildman–Crippen LogP) is 1.23. The van der Waals surface area contributed by atoms with Crippen LogP contribution in [-0.2, 0) is 9.59 Å². The molecule has 2 heterocycles. The zero-order valence-corrected chi connectivity index (χ0v) is 13.8. The minimum Gasteiger partial charge on any atom is -0.343 e. The normalized spacial score (nSPS) is 35.0. The molecule has 4 atom stereocenters. The molecule has 0 radical (unpaired) electrons. The van der Waals surface area contributed by atoms with Gasteiger partial charge in [-0.15, -0.1) is 0 Å². The SMILES string of the molecule is CCCC1NC(=O)C(CC)N(C2CCN(C)CC2C)C1=O. The summed E-state index contributed by atoms with van der Waals surface area (Å²) in [5, 5.41) is 2.92. The van der Waals surface area contributed by atoms with Gasteiger partial charge in [-0.05, 0) is 38.8 Å². The molecule has 4 unspecified atom stereocenters. The molecule has 2 rings (SSSR count). The van der Waals surface area contributed by atoms with Gasteiger partial charge in [0.15, 0.2) is 0 Å². The zero-order valence-electron chi connectivity index (χ0n) is 13.8. The minimum atomic E-state index is -0.322. The highest BCUT2D eigenvalue weighted by Gasteiger charge is 2.44. The monoisotopic (exact) mass is 295 g/mol. The minimum absolute atomic E-state index is 0.0293. The Balaban J connectivity index is 2.22. The lowest BCUT2D eigenvalue weighted by molar-refractivity contribution is -0.155. The maximum absolute atomic E-state index is 12.9. The van der Waals surface area contributed by atoms with E-state index in [-0.39, 0.29) is 29.9 Å². The summed E-state index contributed by atoms with van der Waals surface area (Å²) in [5.41, 5.74) is 0. The Morgan fingerprint density at radius 1 is 1.29 bits per heavy atom. The maximum Gasteiger partial charge on any atom is 0.246 e. The van der Waals surface area contributed by atoms with E-state index in [0.29, 0.717) is 12.3 Å². The van der Waals surface area contributed by atoms with E-state index in [1.165, 1.54) is 0 Å². The van der Waals surface area contributed by atoms with Gasteiger partial charge in [0, 0.05) is 12.6 Å². The first kappa shape index (κ1) is 16.3. The molecule has 120 valence electrons. The molecule has 0 aromatic rings. The third-order valence-electron chi connectivity index (χ3n) is 4.89. The second-order valence-electron chi connectivity index (χ2n) is 6.61. The molecule has 0 aromatic carbocycles. The maximum atomic E-state index is 12.9. The van der Waals surface area contributed by atoms with Crippen molar-refractivity contribution in [2.45, 2.75) is 64.6 Å². The highest BCUT2D eigenvalue weighted by atomic mass is 16.2. The van der Waals surface area contributed by atoms with Crippen LogP contribution >= 0.6 is 0 Å². The third kappa shape index (κ3) is 3.23. The van der Waals surface area contributed by atoms with Crippen LogP contribution in [0.4, 0.5) is 0 Å². The number of likely N-dealkylation sites (tertiary alicyclic amines) is 1. The van der Waals surface area contributed by atoms with Gasteiger partial charge >= 0.3 is 0 Å². The molecule has 0 aliphatic carbocycles. The summed E-state index contributed by atoms with van der Waals surface area (Å²) in [6, 6.07) is -0.414. The number of hydrogen-bond acceptors (Lipinski definition) is 3. The fourth-order valence-corrected chi connectivity index (χ4v) is 3.81. The van der Waals surface area contributed by atoms with Crippen LogP contribution in [0.2, 0.25) is 0 Å². The van der Waals surface area contributed by atoms with Gasteiger partial charge in [0.05, 0.1) is 0 Å². The van der Waals surface area contributed by atoms with Crippen LogP contribution in [0.15, 0.2) is 0 Å². The van der Waals surface area contributed by atoms with Crippen LogP contribution in [0.5, 0.6) is 0 Å². The van der Waals surface area contributed by atoms with Gasteiger partial charge in [0.1, 0.15) is 12.1 Å². The number of rotatable bonds is 4. The molecular formula is C16H29N3O2. The smallest absolute Gasteiger partial charge is 0.246 e. The van der Waals surface area contributed by atoms with E-state index in [9.17, 15) is 9.59 Å². The first-order chi connectivity index (χ1) is 9.99. The standard InChI is InChI=1S/C16H29N3O2/c1-5-7-12-16(21)19(13(6-2)15(20)17-12)14-8-9-18(4)10-11(14)3/h11-14H,5-10H2,1-4H3,(H,17,20). The number of amides is 2. The van der Waals surface area contributed by atoms with Gasteiger partial charge in [-0.2, -0.15) is 0 Å².